The Kier molecular flexibility index (Phi) is 3.07. The van der Waals surface area contributed by atoms with E-state index < -0.39 is 5.82 Å². The summed E-state index contributed by atoms with van der Waals surface area (Å²) < 4.78 is 13.1. The second kappa shape index (κ2) is 4.38. The number of hydrogen-bond donors (Lipinski definition) is 1. The van der Waals surface area contributed by atoms with Crippen molar-refractivity contribution in [3.05, 3.63) is 52.3 Å². The lowest BCUT2D eigenvalue weighted by Gasteiger charge is -2.10. The van der Waals surface area contributed by atoms with Crippen LogP contribution in [0.4, 0.5) is 4.39 Å². The van der Waals surface area contributed by atoms with Gasteiger partial charge in [-0.3, -0.25) is 0 Å². The van der Waals surface area contributed by atoms with Crippen molar-refractivity contribution in [2.45, 2.75) is 13.8 Å². The fourth-order valence-electron chi connectivity index (χ4n) is 1.87. The quantitative estimate of drug-likeness (QED) is 0.792. The van der Waals surface area contributed by atoms with Gasteiger partial charge in [-0.15, -0.1) is 0 Å². The minimum absolute atomic E-state index is 0.0118. The molecule has 2 rings (SSSR count). The molecule has 0 aliphatic carbocycles. The smallest absolute Gasteiger partial charge is 0.145 e. The summed E-state index contributed by atoms with van der Waals surface area (Å²) in [6.07, 6.45) is 0. The van der Waals surface area contributed by atoms with Gasteiger partial charge in [-0.25, -0.2) is 4.39 Å². The van der Waals surface area contributed by atoms with Crippen LogP contribution >= 0.6 is 11.6 Å². The summed E-state index contributed by atoms with van der Waals surface area (Å²) in [7, 11) is 0. The third-order valence-corrected chi connectivity index (χ3v) is 3.00. The van der Waals surface area contributed by atoms with Gasteiger partial charge in [0.1, 0.15) is 11.6 Å². The topological polar surface area (TPSA) is 20.2 Å². The van der Waals surface area contributed by atoms with E-state index in [4.69, 9.17) is 11.6 Å². The van der Waals surface area contributed by atoms with E-state index in [9.17, 15) is 9.50 Å². The lowest BCUT2D eigenvalue weighted by molar-refractivity contribution is 0.471. The second-order valence-electron chi connectivity index (χ2n) is 4.10. The highest BCUT2D eigenvalue weighted by atomic mass is 35.5. The predicted octanol–water partition coefficient (Wildman–Crippen LogP) is 4.47. The van der Waals surface area contributed by atoms with Gasteiger partial charge in [-0.1, -0.05) is 35.4 Å². The van der Waals surface area contributed by atoms with Crippen LogP contribution in [0.25, 0.3) is 11.1 Å². The standard InChI is InChI=1S/C14H12ClFO/c1-8-3-4-10(9(2)5-8)11-6-12(15)13(16)7-14(11)17/h3-7,17H,1-2H3. The fraction of sp³-hybridized carbons (Fsp3) is 0.143. The first-order chi connectivity index (χ1) is 7.99. The molecule has 0 radical (unpaired) electrons. The Labute approximate surface area is 104 Å². The highest BCUT2D eigenvalue weighted by molar-refractivity contribution is 6.31. The maximum Gasteiger partial charge on any atom is 0.145 e. The molecule has 0 aliphatic heterocycles. The summed E-state index contributed by atoms with van der Waals surface area (Å²) in [6.45, 7) is 3.94. The number of halogens is 2. The molecule has 0 amide bonds. The molecule has 0 atom stereocenters. The van der Waals surface area contributed by atoms with E-state index in [0.29, 0.717) is 5.56 Å². The molecule has 0 spiro atoms. The number of aryl methyl sites for hydroxylation is 2. The third kappa shape index (κ3) is 2.27. The number of rotatable bonds is 1. The Morgan fingerprint density at radius 1 is 1.06 bits per heavy atom. The molecule has 0 aliphatic rings. The number of aromatic hydroxyl groups is 1. The van der Waals surface area contributed by atoms with E-state index >= 15 is 0 Å². The number of phenols is 1. The summed E-state index contributed by atoms with van der Waals surface area (Å²) in [5.41, 5.74) is 3.56. The minimum atomic E-state index is -0.613. The van der Waals surface area contributed by atoms with Crippen LogP contribution in [-0.4, -0.2) is 5.11 Å². The number of phenolic OH excluding ortho intramolecular Hbond substituents is 1. The Bertz CT molecular complexity index is 579. The van der Waals surface area contributed by atoms with Gasteiger partial charge in [0.25, 0.3) is 0 Å². The van der Waals surface area contributed by atoms with Crippen LogP contribution in [0.3, 0.4) is 0 Å². The summed E-state index contributed by atoms with van der Waals surface area (Å²) in [5, 5.41) is 9.78. The molecule has 88 valence electrons. The average Bonchev–Trinajstić information content (AvgIpc) is 2.24. The Hall–Kier alpha value is -1.54. The number of benzene rings is 2. The third-order valence-electron chi connectivity index (χ3n) is 2.71. The zero-order valence-corrected chi connectivity index (χ0v) is 10.3. The van der Waals surface area contributed by atoms with E-state index in [-0.39, 0.29) is 10.8 Å². The van der Waals surface area contributed by atoms with Crippen molar-refractivity contribution in [1.29, 1.82) is 0 Å². The first-order valence-corrected chi connectivity index (χ1v) is 5.62. The van der Waals surface area contributed by atoms with Gasteiger partial charge in [-0.05, 0) is 31.0 Å². The van der Waals surface area contributed by atoms with Crippen molar-refractivity contribution in [2.75, 3.05) is 0 Å². The van der Waals surface area contributed by atoms with Crippen LogP contribution in [0.15, 0.2) is 30.3 Å². The Balaban J connectivity index is 2.64. The largest absolute Gasteiger partial charge is 0.507 e. The van der Waals surface area contributed by atoms with E-state index in [2.05, 4.69) is 0 Å². The van der Waals surface area contributed by atoms with Crippen LogP contribution in [0.5, 0.6) is 5.75 Å². The lowest BCUT2D eigenvalue weighted by Crippen LogP contribution is -1.87. The molecule has 0 aromatic heterocycles. The van der Waals surface area contributed by atoms with Crippen molar-refractivity contribution in [2.24, 2.45) is 0 Å². The number of hydrogen-bond acceptors (Lipinski definition) is 1. The molecule has 1 nitrogen and oxygen atoms in total. The Morgan fingerprint density at radius 3 is 2.41 bits per heavy atom. The molecule has 0 saturated carbocycles. The van der Waals surface area contributed by atoms with Gasteiger partial charge in [0.05, 0.1) is 5.02 Å². The van der Waals surface area contributed by atoms with Crippen molar-refractivity contribution in [3.63, 3.8) is 0 Å². The van der Waals surface area contributed by atoms with Crippen LogP contribution < -0.4 is 0 Å². The van der Waals surface area contributed by atoms with Crippen LogP contribution in [0.1, 0.15) is 11.1 Å². The van der Waals surface area contributed by atoms with E-state index in [1.807, 2.05) is 32.0 Å². The molecule has 2 aromatic carbocycles. The summed E-state index contributed by atoms with van der Waals surface area (Å²) in [4.78, 5) is 0. The van der Waals surface area contributed by atoms with Crippen LogP contribution in [0, 0.1) is 19.7 Å². The molecular weight excluding hydrogens is 239 g/mol. The van der Waals surface area contributed by atoms with E-state index in [0.717, 1.165) is 22.8 Å². The van der Waals surface area contributed by atoms with Gasteiger partial charge in [0, 0.05) is 11.6 Å². The molecule has 2 aromatic rings. The molecule has 17 heavy (non-hydrogen) atoms. The predicted molar refractivity (Wildman–Crippen MR) is 68.0 cm³/mol. The lowest BCUT2D eigenvalue weighted by atomic mass is 9.98. The van der Waals surface area contributed by atoms with Crippen molar-refractivity contribution in [3.8, 4) is 16.9 Å². The average molecular weight is 251 g/mol. The molecule has 0 heterocycles. The SMILES string of the molecule is Cc1ccc(-c2cc(Cl)c(F)cc2O)c(C)c1. The monoisotopic (exact) mass is 250 g/mol. The first-order valence-electron chi connectivity index (χ1n) is 5.24. The molecule has 0 fully saturated rings. The normalized spacial score (nSPS) is 10.6. The van der Waals surface area contributed by atoms with Gasteiger partial charge >= 0.3 is 0 Å². The fourth-order valence-corrected chi connectivity index (χ4v) is 2.03. The van der Waals surface area contributed by atoms with Gasteiger partial charge in [-0.2, -0.15) is 0 Å². The molecule has 1 N–H and O–H groups in total. The second-order valence-corrected chi connectivity index (χ2v) is 4.51. The highest BCUT2D eigenvalue weighted by Crippen LogP contribution is 2.35. The highest BCUT2D eigenvalue weighted by Gasteiger charge is 2.11. The van der Waals surface area contributed by atoms with Crippen molar-refractivity contribution < 1.29 is 9.50 Å². The molecule has 3 heteroatoms. The van der Waals surface area contributed by atoms with E-state index in [1.54, 1.807) is 0 Å². The molecule has 0 unspecified atom stereocenters. The van der Waals surface area contributed by atoms with E-state index in [1.165, 1.54) is 6.07 Å². The zero-order valence-electron chi connectivity index (χ0n) is 9.59. The maximum atomic E-state index is 13.1. The summed E-state index contributed by atoms with van der Waals surface area (Å²) >= 11 is 5.73. The van der Waals surface area contributed by atoms with Crippen LogP contribution in [-0.2, 0) is 0 Å². The van der Waals surface area contributed by atoms with Crippen molar-refractivity contribution >= 4 is 11.6 Å². The summed E-state index contributed by atoms with van der Waals surface area (Å²) in [5.74, 6) is -0.712. The van der Waals surface area contributed by atoms with Gasteiger partial charge in [0.2, 0.25) is 0 Å². The Morgan fingerprint density at radius 2 is 1.76 bits per heavy atom. The van der Waals surface area contributed by atoms with Gasteiger partial charge in [0.15, 0.2) is 0 Å². The minimum Gasteiger partial charge on any atom is -0.507 e. The zero-order chi connectivity index (χ0) is 12.6. The molecular formula is C14H12ClFO. The molecule has 0 saturated heterocycles. The first kappa shape index (κ1) is 11.9. The maximum absolute atomic E-state index is 13.1. The van der Waals surface area contributed by atoms with Crippen molar-refractivity contribution in [1.82, 2.24) is 0 Å². The summed E-state index contributed by atoms with van der Waals surface area (Å²) in [6, 6.07) is 8.33. The van der Waals surface area contributed by atoms with Gasteiger partial charge < -0.3 is 5.11 Å². The van der Waals surface area contributed by atoms with Crippen LogP contribution in [0.2, 0.25) is 5.02 Å². The molecule has 0 bridgehead atoms.